The molecule has 0 saturated carbocycles. The van der Waals surface area contributed by atoms with Gasteiger partial charge in [0.2, 0.25) is 10.0 Å². The minimum atomic E-state index is -3.46. The first kappa shape index (κ1) is 37.1. The molecule has 1 amide bonds. The second-order valence-corrected chi connectivity index (χ2v) is 12.9. The summed E-state index contributed by atoms with van der Waals surface area (Å²) in [7, 11) is -1.86. The summed E-state index contributed by atoms with van der Waals surface area (Å²) in [6, 6.07) is 19.8. The molecule has 1 fully saturated rings. The molecule has 1 aliphatic rings. The molecule has 1 aliphatic heterocycles. The molecule has 5 N–H and O–H groups in total. The summed E-state index contributed by atoms with van der Waals surface area (Å²) in [5.74, 6) is 1.000. The number of benzene rings is 3. The maximum Gasteiger partial charge on any atom is 0.290 e. The Morgan fingerprint density at radius 3 is 2.43 bits per heavy atom. The largest absolute Gasteiger partial charge is 0.493 e. The van der Waals surface area contributed by atoms with E-state index in [1.165, 1.54) is 4.31 Å². The predicted octanol–water partition coefficient (Wildman–Crippen LogP) is 3.65. The molecule has 1 heterocycles. The van der Waals surface area contributed by atoms with Crippen LogP contribution in [0.15, 0.2) is 66.7 Å². The number of nitrogens with one attached hydrogen (secondary N) is 3. The van der Waals surface area contributed by atoms with Crippen LogP contribution in [-0.2, 0) is 27.8 Å². The highest BCUT2D eigenvalue weighted by Crippen LogP contribution is 2.29. The van der Waals surface area contributed by atoms with Crippen LogP contribution in [0.3, 0.4) is 0 Å². The van der Waals surface area contributed by atoms with Crippen LogP contribution in [0.1, 0.15) is 48.2 Å². The maximum atomic E-state index is 13.7. The van der Waals surface area contributed by atoms with E-state index in [1.54, 1.807) is 25.3 Å². The van der Waals surface area contributed by atoms with Crippen molar-refractivity contribution in [3.05, 3.63) is 83.4 Å². The summed E-state index contributed by atoms with van der Waals surface area (Å²) in [4.78, 5) is 22.1. The number of nitrogens with zero attached hydrogens (tertiary/aromatic N) is 1. The highest BCUT2D eigenvalue weighted by Gasteiger charge is 2.28. The number of aliphatic hydroxyl groups is 1. The average molecular weight is 671 g/mol. The van der Waals surface area contributed by atoms with Crippen molar-refractivity contribution >= 4 is 33.8 Å². The molecule has 47 heavy (non-hydrogen) atoms. The van der Waals surface area contributed by atoms with E-state index in [0.717, 1.165) is 17.5 Å². The predicted molar refractivity (Wildman–Crippen MR) is 183 cm³/mol. The van der Waals surface area contributed by atoms with Gasteiger partial charge in [-0.2, -0.15) is 0 Å². The van der Waals surface area contributed by atoms with Crippen molar-refractivity contribution < 1.29 is 37.7 Å². The zero-order chi connectivity index (χ0) is 34.2. The van der Waals surface area contributed by atoms with Crippen LogP contribution in [0.25, 0.3) is 0 Å². The van der Waals surface area contributed by atoms with E-state index in [1.807, 2.05) is 62.4 Å². The molecule has 3 aromatic rings. The summed E-state index contributed by atoms with van der Waals surface area (Å²) >= 11 is 0. The minimum Gasteiger partial charge on any atom is -0.493 e. The summed E-state index contributed by atoms with van der Waals surface area (Å²) in [6.45, 7) is 5.80. The summed E-state index contributed by atoms with van der Waals surface area (Å²) in [5, 5.41) is 27.7. The van der Waals surface area contributed by atoms with Crippen LogP contribution < -0.4 is 29.7 Å². The van der Waals surface area contributed by atoms with Crippen molar-refractivity contribution in [1.29, 1.82) is 0 Å². The standard InChI is InChI=1S/C33H44N4O6S.CH2O2/c1-4-35-27-19-26(20-28(21-27)37-15-9-10-16-44(37,40)41)33(39)36-29(17-24-11-7-6-8-12-24)30(38)23-34-22-25-13-14-31(42-3)32(18-25)43-5-2;2-1-3/h6-8,11-14,18-21,29-30,34-35,38H,4-5,9-10,15-17,22-23H2,1-3H3,(H,36,39);1H,(H,2,3)/t29-,30+;/m0./s1. The van der Waals surface area contributed by atoms with E-state index in [-0.39, 0.29) is 18.8 Å². The first-order chi connectivity index (χ1) is 22.6. The van der Waals surface area contributed by atoms with E-state index in [9.17, 15) is 18.3 Å². The van der Waals surface area contributed by atoms with Crippen molar-refractivity contribution in [3.8, 4) is 11.5 Å². The van der Waals surface area contributed by atoms with Gasteiger partial charge in [-0.25, -0.2) is 8.42 Å². The third-order valence-electron chi connectivity index (χ3n) is 7.49. The van der Waals surface area contributed by atoms with Crippen LogP contribution in [0.5, 0.6) is 11.5 Å². The number of rotatable bonds is 15. The van der Waals surface area contributed by atoms with Gasteiger partial charge >= 0.3 is 0 Å². The number of sulfonamides is 1. The van der Waals surface area contributed by atoms with Crippen molar-refractivity contribution in [2.75, 3.05) is 48.7 Å². The number of carbonyl (C=O) groups excluding carboxylic acids is 1. The molecular formula is C34H46N4O8S. The molecule has 0 bridgehead atoms. The number of aliphatic hydroxyl groups excluding tert-OH is 1. The van der Waals surface area contributed by atoms with E-state index in [2.05, 4.69) is 16.0 Å². The van der Waals surface area contributed by atoms with Gasteiger partial charge in [0.05, 0.1) is 37.3 Å². The summed E-state index contributed by atoms with van der Waals surface area (Å²) in [6.07, 6.45) is 0.876. The Kier molecular flexibility index (Phi) is 14.8. The van der Waals surface area contributed by atoms with Crippen LogP contribution in [0.4, 0.5) is 11.4 Å². The van der Waals surface area contributed by atoms with E-state index < -0.39 is 28.1 Å². The van der Waals surface area contributed by atoms with Crippen molar-refractivity contribution in [2.45, 2.75) is 51.8 Å². The molecule has 0 aromatic heterocycles. The van der Waals surface area contributed by atoms with Crippen LogP contribution in [0, 0.1) is 0 Å². The quantitative estimate of drug-likeness (QED) is 0.151. The SMILES string of the molecule is CCNc1cc(C(=O)N[C@@H](Cc2ccccc2)[C@H](O)CNCc2ccc(OC)c(OCC)c2)cc(N2CCCCS2(=O)=O)c1.O=CO. The number of amides is 1. The number of anilines is 2. The lowest BCUT2D eigenvalue weighted by Crippen LogP contribution is -2.48. The molecule has 0 radical (unpaired) electrons. The second-order valence-electron chi connectivity index (χ2n) is 10.9. The molecule has 1 saturated heterocycles. The molecule has 4 rings (SSSR count). The highest BCUT2D eigenvalue weighted by molar-refractivity contribution is 7.92. The highest BCUT2D eigenvalue weighted by atomic mass is 32.2. The fraction of sp³-hybridized carbons (Fsp3) is 0.412. The Hall–Kier alpha value is -4.33. The third-order valence-corrected chi connectivity index (χ3v) is 9.36. The van der Waals surface area contributed by atoms with Crippen LogP contribution >= 0.6 is 0 Å². The summed E-state index contributed by atoms with van der Waals surface area (Å²) in [5.41, 5.74) is 3.37. The first-order valence-electron chi connectivity index (χ1n) is 15.7. The van der Waals surface area contributed by atoms with Crippen molar-refractivity contribution in [1.82, 2.24) is 10.6 Å². The number of methoxy groups -OCH3 is 1. The van der Waals surface area contributed by atoms with Gasteiger partial charge in [0.1, 0.15) is 0 Å². The van der Waals surface area contributed by atoms with Gasteiger partial charge < -0.3 is 35.6 Å². The lowest BCUT2D eigenvalue weighted by molar-refractivity contribution is -0.122. The molecule has 3 aromatic carbocycles. The molecular weight excluding hydrogens is 624 g/mol. The molecule has 0 unspecified atom stereocenters. The van der Waals surface area contributed by atoms with Gasteiger partial charge in [0.15, 0.2) is 11.5 Å². The van der Waals surface area contributed by atoms with Gasteiger partial charge in [-0.05, 0) is 74.6 Å². The molecule has 256 valence electrons. The van der Waals surface area contributed by atoms with Crippen molar-refractivity contribution in [3.63, 3.8) is 0 Å². The number of carboxylic acid groups (broad SMARTS) is 1. The Labute approximate surface area is 277 Å². The van der Waals surface area contributed by atoms with E-state index >= 15 is 0 Å². The van der Waals surface area contributed by atoms with Crippen LogP contribution in [0.2, 0.25) is 0 Å². The average Bonchev–Trinajstić information content (AvgIpc) is 3.05. The van der Waals surface area contributed by atoms with Gasteiger partial charge in [0, 0.05) is 37.4 Å². The molecule has 2 atom stereocenters. The van der Waals surface area contributed by atoms with E-state index in [4.69, 9.17) is 19.4 Å². The first-order valence-corrected chi connectivity index (χ1v) is 17.3. The monoisotopic (exact) mass is 670 g/mol. The van der Waals surface area contributed by atoms with Gasteiger partial charge in [-0.15, -0.1) is 0 Å². The number of ether oxygens (including phenoxy) is 2. The summed E-state index contributed by atoms with van der Waals surface area (Å²) < 4.78 is 38.1. The molecule has 0 aliphatic carbocycles. The minimum absolute atomic E-state index is 0.0851. The zero-order valence-corrected chi connectivity index (χ0v) is 28.0. The van der Waals surface area contributed by atoms with Gasteiger partial charge in [-0.1, -0.05) is 36.4 Å². The Morgan fingerprint density at radius 1 is 1.02 bits per heavy atom. The second kappa shape index (κ2) is 18.7. The van der Waals surface area contributed by atoms with Gasteiger partial charge in [0.25, 0.3) is 12.4 Å². The smallest absolute Gasteiger partial charge is 0.290 e. The van der Waals surface area contributed by atoms with Crippen LogP contribution in [-0.4, -0.2) is 82.3 Å². The van der Waals surface area contributed by atoms with Crippen molar-refractivity contribution in [2.24, 2.45) is 0 Å². The fourth-order valence-corrected chi connectivity index (χ4v) is 6.90. The third kappa shape index (κ3) is 11.2. The Balaban J connectivity index is 0.00000192. The van der Waals surface area contributed by atoms with Gasteiger partial charge in [-0.3, -0.25) is 13.9 Å². The fourth-order valence-electron chi connectivity index (χ4n) is 5.28. The normalized spacial score (nSPS) is 14.9. The Morgan fingerprint density at radius 2 is 1.77 bits per heavy atom. The number of carbonyl (C=O) groups is 2. The molecule has 12 nitrogen and oxygen atoms in total. The maximum absolute atomic E-state index is 13.7. The van der Waals surface area contributed by atoms with E-state index in [0.29, 0.717) is 67.5 Å². The Bertz CT molecular complexity index is 1540. The zero-order valence-electron chi connectivity index (χ0n) is 27.1. The number of hydrogen-bond acceptors (Lipinski definition) is 9. The lowest BCUT2D eigenvalue weighted by atomic mass is 10.00. The number of hydrogen-bond donors (Lipinski definition) is 5. The molecule has 0 spiro atoms. The molecule has 13 heteroatoms. The topological polar surface area (TPSA) is 167 Å². The lowest BCUT2D eigenvalue weighted by Gasteiger charge is -2.29.